The molecule has 9 nitrogen and oxygen atoms in total. The van der Waals surface area contributed by atoms with Gasteiger partial charge in [0.2, 0.25) is 0 Å². The number of benzene rings is 1. The lowest BCUT2D eigenvalue weighted by Gasteiger charge is -2.39. The minimum Gasteiger partial charge on any atom is -0.460 e. The molecule has 9 heteroatoms. The average molecular weight is 384 g/mol. The van der Waals surface area contributed by atoms with E-state index in [4.69, 9.17) is 19.3 Å². The van der Waals surface area contributed by atoms with Gasteiger partial charge in [0.15, 0.2) is 6.29 Å². The molecule has 1 aliphatic heterocycles. The summed E-state index contributed by atoms with van der Waals surface area (Å²) in [7, 11) is 0. The van der Waals surface area contributed by atoms with Crippen LogP contribution in [0.5, 0.6) is 0 Å². The van der Waals surface area contributed by atoms with Gasteiger partial charge in [-0.05, 0) is 11.6 Å². The van der Waals surface area contributed by atoms with Crippen LogP contribution in [-0.2, 0) is 19.0 Å². The van der Waals surface area contributed by atoms with Crippen molar-refractivity contribution in [3.05, 3.63) is 42.0 Å². The Morgan fingerprint density at radius 3 is 2.48 bits per heavy atom. The predicted octanol–water partition coefficient (Wildman–Crippen LogP) is -1.58. The molecule has 0 radical (unpaired) electrons. The van der Waals surface area contributed by atoms with E-state index in [1.54, 1.807) is 6.08 Å². The van der Waals surface area contributed by atoms with Gasteiger partial charge < -0.3 is 39.7 Å². The maximum Gasteiger partial charge on any atom is 0.330 e. The molecule has 5 N–H and O–H groups in total. The van der Waals surface area contributed by atoms with Gasteiger partial charge in [0.25, 0.3) is 0 Å². The second-order valence-corrected chi connectivity index (χ2v) is 6.06. The van der Waals surface area contributed by atoms with Crippen molar-refractivity contribution in [2.75, 3.05) is 19.8 Å². The Morgan fingerprint density at radius 2 is 1.81 bits per heavy atom. The number of esters is 1. The Hall–Kier alpha value is -1.85. The zero-order chi connectivity index (χ0) is 19.8. The first kappa shape index (κ1) is 21.5. The summed E-state index contributed by atoms with van der Waals surface area (Å²) in [4.78, 5) is 11.6. The molecule has 0 amide bonds. The molecule has 1 aromatic rings. The van der Waals surface area contributed by atoms with Crippen molar-refractivity contribution in [2.45, 2.75) is 36.8 Å². The van der Waals surface area contributed by atoms with Gasteiger partial charge in [-0.3, -0.25) is 0 Å². The van der Waals surface area contributed by atoms with Crippen molar-refractivity contribution < 1.29 is 44.5 Å². The molecule has 0 aliphatic carbocycles. The fourth-order valence-electron chi connectivity index (χ4n) is 2.41. The number of aliphatic hydroxyl groups excluding tert-OH is 5. The lowest BCUT2D eigenvalue weighted by Crippen LogP contribution is -2.59. The minimum atomic E-state index is -1.57. The SMILES string of the molecule is O=C(C=Cc1ccccc1)OC[C@@H](O)COC1OC(CO)C(O)C(O)C1O. The topological polar surface area (TPSA) is 146 Å². The second kappa shape index (κ2) is 10.5. The molecule has 1 saturated heterocycles. The van der Waals surface area contributed by atoms with Crippen LogP contribution in [0.1, 0.15) is 5.56 Å². The summed E-state index contributed by atoms with van der Waals surface area (Å²) < 4.78 is 15.2. The van der Waals surface area contributed by atoms with Gasteiger partial charge in [-0.2, -0.15) is 0 Å². The number of aliphatic hydroxyl groups is 5. The van der Waals surface area contributed by atoms with Gasteiger partial charge in [0, 0.05) is 6.08 Å². The fraction of sp³-hybridized carbons (Fsp3) is 0.500. The summed E-state index contributed by atoms with van der Waals surface area (Å²) >= 11 is 0. The Bertz CT molecular complexity index is 604. The van der Waals surface area contributed by atoms with Crippen LogP contribution in [0, 0.1) is 0 Å². The zero-order valence-corrected chi connectivity index (χ0v) is 14.5. The molecular formula is C18H24O9. The Morgan fingerprint density at radius 1 is 1.11 bits per heavy atom. The quantitative estimate of drug-likeness (QED) is 0.265. The maximum atomic E-state index is 11.6. The molecule has 0 bridgehead atoms. The summed E-state index contributed by atoms with van der Waals surface area (Å²) in [6.07, 6.45) is -5.50. The Labute approximate surface area is 156 Å². The first-order valence-electron chi connectivity index (χ1n) is 8.42. The van der Waals surface area contributed by atoms with Crippen molar-refractivity contribution in [3.8, 4) is 0 Å². The van der Waals surface area contributed by atoms with Crippen LogP contribution in [0.3, 0.4) is 0 Å². The van der Waals surface area contributed by atoms with E-state index in [1.165, 1.54) is 6.08 Å². The molecule has 0 aromatic heterocycles. The van der Waals surface area contributed by atoms with Crippen LogP contribution >= 0.6 is 0 Å². The lowest BCUT2D eigenvalue weighted by molar-refractivity contribution is -0.304. The first-order valence-corrected chi connectivity index (χ1v) is 8.42. The van der Waals surface area contributed by atoms with E-state index in [0.29, 0.717) is 0 Å². The smallest absolute Gasteiger partial charge is 0.330 e. The van der Waals surface area contributed by atoms with Crippen molar-refractivity contribution in [2.24, 2.45) is 0 Å². The predicted molar refractivity (Wildman–Crippen MR) is 92.2 cm³/mol. The van der Waals surface area contributed by atoms with Crippen molar-refractivity contribution in [1.82, 2.24) is 0 Å². The molecule has 0 spiro atoms. The minimum absolute atomic E-state index is 0.352. The Balaban J connectivity index is 1.73. The molecule has 0 saturated carbocycles. The van der Waals surface area contributed by atoms with Crippen LogP contribution in [0.15, 0.2) is 36.4 Å². The highest BCUT2D eigenvalue weighted by atomic mass is 16.7. The number of hydrogen-bond acceptors (Lipinski definition) is 9. The van der Waals surface area contributed by atoms with E-state index in [1.807, 2.05) is 30.3 Å². The molecule has 150 valence electrons. The van der Waals surface area contributed by atoms with Crippen molar-refractivity contribution in [3.63, 3.8) is 0 Å². The van der Waals surface area contributed by atoms with E-state index >= 15 is 0 Å². The maximum absolute atomic E-state index is 11.6. The molecule has 2 rings (SSSR count). The number of rotatable bonds is 8. The molecule has 1 heterocycles. The molecule has 1 fully saturated rings. The van der Waals surface area contributed by atoms with E-state index < -0.39 is 49.4 Å². The summed E-state index contributed by atoms with van der Waals surface area (Å²) in [5, 5.41) is 48.0. The molecule has 6 atom stereocenters. The summed E-state index contributed by atoms with van der Waals surface area (Å²) in [6.45, 7) is -1.30. The van der Waals surface area contributed by atoms with Gasteiger partial charge in [-0.1, -0.05) is 30.3 Å². The molecule has 1 aliphatic rings. The van der Waals surface area contributed by atoms with Crippen LogP contribution in [0.2, 0.25) is 0 Å². The normalized spacial score (nSPS) is 29.6. The summed E-state index contributed by atoms with van der Waals surface area (Å²) in [5.41, 5.74) is 0.820. The third-order valence-corrected chi connectivity index (χ3v) is 3.93. The van der Waals surface area contributed by atoms with Crippen LogP contribution in [0.25, 0.3) is 6.08 Å². The highest BCUT2D eigenvalue weighted by molar-refractivity contribution is 5.87. The van der Waals surface area contributed by atoms with E-state index in [-0.39, 0.29) is 13.2 Å². The van der Waals surface area contributed by atoms with Gasteiger partial charge in [-0.15, -0.1) is 0 Å². The monoisotopic (exact) mass is 384 g/mol. The number of carbonyl (C=O) groups excluding carboxylic acids is 1. The van der Waals surface area contributed by atoms with Gasteiger partial charge in [-0.25, -0.2) is 4.79 Å². The van der Waals surface area contributed by atoms with Crippen molar-refractivity contribution in [1.29, 1.82) is 0 Å². The van der Waals surface area contributed by atoms with E-state index in [2.05, 4.69) is 0 Å². The Kier molecular flexibility index (Phi) is 8.32. The molecule has 5 unspecified atom stereocenters. The van der Waals surface area contributed by atoms with Crippen LogP contribution in [-0.4, -0.2) is 88.1 Å². The third kappa shape index (κ3) is 6.36. The second-order valence-electron chi connectivity index (χ2n) is 6.06. The van der Waals surface area contributed by atoms with Gasteiger partial charge in [0.05, 0.1) is 13.2 Å². The molecular weight excluding hydrogens is 360 g/mol. The number of ether oxygens (including phenoxy) is 3. The van der Waals surface area contributed by atoms with Crippen LogP contribution < -0.4 is 0 Å². The summed E-state index contributed by atoms with van der Waals surface area (Å²) in [5.74, 6) is -0.647. The summed E-state index contributed by atoms with van der Waals surface area (Å²) in [6, 6.07) is 9.12. The molecule has 27 heavy (non-hydrogen) atoms. The number of carbonyl (C=O) groups is 1. The van der Waals surface area contributed by atoms with Gasteiger partial charge in [0.1, 0.15) is 37.1 Å². The molecule has 1 aromatic carbocycles. The fourth-order valence-corrected chi connectivity index (χ4v) is 2.41. The largest absolute Gasteiger partial charge is 0.460 e. The van der Waals surface area contributed by atoms with E-state index in [9.17, 15) is 25.2 Å². The first-order chi connectivity index (χ1) is 12.9. The third-order valence-electron chi connectivity index (χ3n) is 3.93. The zero-order valence-electron chi connectivity index (χ0n) is 14.5. The highest BCUT2D eigenvalue weighted by Crippen LogP contribution is 2.22. The average Bonchev–Trinajstić information content (AvgIpc) is 2.69. The standard InChI is InChI=1S/C18H24O9/c19-8-13-15(22)16(23)17(24)18(27-13)26-10-12(20)9-25-14(21)7-6-11-4-2-1-3-5-11/h1-7,12-13,15-20,22-24H,8-10H2/t12-,13?,15?,16?,17?,18?/m1/s1. The van der Waals surface area contributed by atoms with Gasteiger partial charge >= 0.3 is 5.97 Å². The van der Waals surface area contributed by atoms with E-state index in [0.717, 1.165) is 5.56 Å². The van der Waals surface area contributed by atoms with Crippen LogP contribution in [0.4, 0.5) is 0 Å². The number of hydrogen-bond donors (Lipinski definition) is 5. The highest BCUT2D eigenvalue weighted by Gasteiger charge is 2.44. The van der Waals surface area contributed by atoms with Crippen molar-refractivity contribution >= 4 is 12.0 Å². The lowest BCUT2D eigenvalue weighted by atomic mass is 9.99.